The fraction of sp³-hybridized carbons (Fsp3) is 0. The van der Waals surface area contributed by atoms with Crippen molar-refractivity contribution in [3.63, 3.8) is 0 Å². The molecule has 0 saturated heterocycles. The summed E-state index contributed by atoms with van der Waals surface area (Å²) in [5.74, 6) is 1.78. The van der Waals surface area contributed by atoms with Gasteiger partial charge in [-0.1, -0.05) is 0 Å². The number of aromatic nitrogens is 4. The summed E-state index contributed by atoms with van der Waals surface area (Å²) in [6, 6.07) is 10.6. The van der Waals surface area contributed by atoms with Crippen molar-refractivity contribution in [1.29, 1.82) is 0 Å². The van der Waals surface area contributed by atoms with Gasteiger partial charge in [0.1, 0.15) is 17.4 Å². The Morgan fingerprint density at radius 2 is 1.96 bits per heavy atom. The first kappa shape index (κ1) is 13.3. The smallest absolute Gasteiger partial charge is 0.258 e. The monoisotopic (exact) mass is 311 g/mol. The number of nitrogen functional groups attached to an aromatic ring is 1. The Morgan fingerprint density at radius 3 is 2.70 bits per heavy atom. The van der Waals surface area contributed by atoms with Gasteiger partial charge in [0, 0.05) is 6.07 Å². The van der Waals surface area contributed by atoms with Gasteiger partial charge in [-0.3, -0.25) is 0 Å². The molecule has 0 radical (unpaired) electrons. The lowest BCUT2D eigenvalue weighted by Crippen LogP contribution is -2.01. The van der Waals surface area contributed by atoms with Crippen LogP contribution in [-0.4, -0.2) is 19.6 Å². The molecule has 3 aromatic heterocycles. The molecule has 0 saturated carbocycles. The zero-order valence-corrected chi connectivity index (χ0v) is 11.7. The third-order valence-electron chi connectivity index (χ3n) is 3.09. The molecule has 23 heavy (non-hydrogen) atoms. The minimum Gasteiger partial charge on any atom is -0.461 e. The van der Waals surface area contributed by atoms with Crippen LogP contribution in [0.5, 0.6) is 11.6 Å². The Labute approximate surface area is 129 Å². The molecule has 3 heterocycles. The molecule has 0 fully saturated rings. The van der Waals surface area contributed by atoms with Crippen molar-refractivity contribution in [2.45, 2.75) is 0 Å². The Morgan fingerprint density at radius 1 is 1.13 bits per heavy atom. The van der Waals surface area contributed by atoms with Crippen molar-refractivity contribution in [1.82, 2.24) is 19.6 Å². The van der Waals surface area contributed by atoms with Gasteiger partial charge in [0.25, 0.3) is 5.78 Å². The highest BCUT2D eigenvalue weighted by Gasteiger charge is 2.13. The number of halogens is 1. The standard InChI is InChI=1S/C15H10FN5O2/c16-9-3-5-10(6-4-9)23-13-8-12(17)21-15(18-13)19-14(20-21)11-2-1-7-22-11/h1-8H,17H2. The number of fused-ring (bicyclic) bond motifs is 1. The van der Waals surface area contributed by atoms with Gasteiger partial charge in [0.05, 0.1) is 6.26 Å². The molecular formula is C15H10FN5O2. The maximum Gasteiger partial charge on any atom is 0.258 e. The van der Waals surface area contributed by atoms with Crippen molar-refractivity contribution in [3.05, 3.63) is 54.5 Å². The van der Waals surface area contributed by atoms with Gasteiger partial charge in [-0.25, -0.2) is 4.39 Å². The van der Waals surface area contributed by atoms with E-state index >= 15 is 0 Å². The molecule has 2 N–H and O–H groups in total. The quantitative estimate of drug-likeness (QED) is 0.625. The molecule has 4 rings (SSSR count). The van der Waals surface area contributed by atoms with E-state index in [9.17, 15) is 4.39 Å². The lowest BCUT2D eigenvalue weighted by Gasteiger charge is -2.05. The van der Waals surface area contributed by atoms with Crippen LogP contribution in [0.25, 0.3) is 17.4 Å². The summed E-state index contributed by atoms with van der Waals surface area (Å²) < 4.78 is 25.1. The second-order valence-corrected chi connectivity index (χ2v) is 4.70. The highest BCUT2D eigenvalue weighted by atomic mass is 19.1. The molecule has 0 aliphatic heterocycles. The molecule has 8 heteroatoms. The van der Waals surface area contributed by atoms with Crippen LogP contribution < -0.4 is 10.5 Å². The van der Waals surface area contributed by atoms with Crippen LogP contribution in [0.2, 0.25) is 0 Å². The summed E-state index contributed by atoms with van der Waals surface area (Å²) in [5.41, 5.74) is 5.95. The largest absolute Gasteiger partial charge is 0.461 e. The molecule has 1 aromatic carbocycles. The fourth-order valence-corrected chi connectivity index (χ4v) is 2.05. The van der Waals surface area contributed by atoms with Crippen LogP contribution in [0.4, 0.5) is 10.2 Å². The second-order valence-electron chi connectivity index (χ2n) is 4.70. The van der Waals surface area contributed by atoms with E-state index < -0.39 is 0 Å². The summed E-state index contributed by atoms with van der Waals surface area (Å²) in [7, 11) is 0. The third kappa shape index (κ3) is 2.46. The Balaban J connectivity index is 1.73. The topological polar surface area (TPSA) is 91.5 Å². The van der Waals surface area contributed by atoms with Gasteiger partial charge in [0.15, 0.2) is 5.76 Å². The maximum atomic E-state index is 12.9. The van der Waals surface area contributed by atoms with E-state index in [1.165, 1.54) is 41.1 Å². The second kappa shape index (κ2) is 5.09. The zero-order valence-electron chi connectivity index (χ0n) is 11.7. The van der Waals surface area contributed by atoms with E-state index in [1.807, 2.05) is 0 Å². The normalized spacial score (nSPS) is 11.0. The average molecular weight is 311 g/mol. The summed E-state index contributed by atoms with van der Waals surface area (Å²) in [6.07, 6.45) is 1.53. The van der Waals surface area contributed by atoms with Crippen LogP contribution in [0.15, 0.2) is 53.1 Å². The number of ether oxygens (including phenoxy) is 1. The zero-order chi connectivity index (χ0) is 15.8. The summed E-state index contributed by atoms with van der Waals surface area (Å²) in [6.45, 7) is 0. The van der Waals surface area contributed by atoms with Gasteiger partial charge in [0.2, 0.25) is 11.7 Å². The number of furan rings is 1. The van der Waals surface area contributed by atoms with Crippen LogP contribution in [0.1, 0.15) is 0 Å². The maximum absolute atomic E-state index is 12.9. The van der Waals surface area contributed by atoms with E-state index in [0.29, 0.717) is 23.2 Å². The van der Waals surface area contributed by atoms with Gasteiger partial charge < -0.3 is 14.9 Å². The minimum absolute atomic E-state index is 0.236. The average Bonchev–Trinajstić information content (AvgIpc) is 3.18. The molecule has 7 nitrogen and oxygen atoms in total. The summed E-state index contributed by atoms with van der Waals surface area (Å²) >= 11 is 0. The van der Waals surface area contributed by atoms with Gasteiger partial charge >= 0.3 is 0 Å². The highest BCUT2D eigenvalue weighted by Crippen LogP contribution is 2.24. The molecule has 0 aliphatic carbocycles. The van der Waals surface area contributed by atoms with Crippen LogP contribution in [-0.2, 0) is 0 Å². The third-order valence-corrected chi connectivity index (χ3v) is 3.09. The molecule has 0 bridgehead atoms. The molecule has 0 spiro atoms. The molecule has 0 atom stereocenters. The predicted molar refractivity (Wildman–Crippen MR) is 79.4 cm³/mol. The molecule has 0 amide bonds. The van der Waals surface area contributed by atoms with Gasteiger partial charge in [-0.15, -0.1) is 5.10 Å². The Hall–Kier alpha value is -3.42. The van der Waals surface area contributed by atoms with Crippen molar-refractivity contribution >= 4 is 11.6 Å². The number of rotatable bonds is 3. The first-order valence-corrected chi connectivity index (χ1v) is 6.70. The number of hydrogen-bond acceptors (Lipinski definition) is 6. The molecule has 0 unspecified atom stereocenters. The summed E-state index contributed by atoms with van der Waals surface area (Å²) in [5, 5.41) is 4.23. The molecule has 114 valence electrons. The number of anilines is 1. The highest BCUT2D eigenvalue weighted by molar-refractivity contribution is 5.53. The SMILES string of the molecule is Nc1cc(Oc2ccc(F)cc2)nc2nc(-c3ccco3)nn12. The van der Waals surface area contributed by atoms with Gasteiger partial charge in [-0.2, -0.15) is 14.5 Å². The number of hydrogen-bond donors (Lipinski definition) is 1. The number of nitrogens with two attached hydrogens (primary N) is 1. The lowest BCUT2D eigenvalue weighted by molar-refractivity contribution is 0.461. The van der Waals surface area contributed by atoms with Crippen molar-refractivity contribution < 1.29 is 13.5 Å². The molecular weight excluding hydrogens is 301 g/mol. The first-order chi connectivity index (χ1) is 11.2. The lowest BCUT2D eigenvalue weighted by atomic mass is 10.3. The van der Waals surface area contributed by atoms with E-state index in [4.69, 9.17) is 14.9 Å². The molecule has 0 aliphatic rings. The van der Waals surface area contributed by atoms with Crippen LogP contribution in [0.3, 0.4) is 0 Å². The van der Waals surface area contributed by atoms with Crippen molar-refractivity contribution in [2.24, 2.45) is 0 Å². The Kier molecular flexibility index (Phi) is 2.94. The van der Waals surface area contributed by atoms with E-state index in [0.717, 1.165) is 0 Å². The fourth-order valence-electron chi connectivity index (χ4n) is 2.05. The van der Waals surface area contributed by atoms with Gasteiger partial charge in [-0.05, 0) is 36.4 Å². The number of nitrogens with zero attached hydrogens (tertiary/aromatic N) is 4. The van der Waals surface area contributed by atoms with Crippen LogP contribution in [0, 0.1) is 5.82 Å². The minimum atomic E-state index is -0.346. The van der Waals surface area contributed by atoms with Crippen LogP contribution >= 0.6 is 0 Å². The Bertz CT molecular complexity index is 964. The van der Waals surface area contributed by atoms with E-state index in [-0.39, 0.29) is 17.5 Å². The first-order valence-electron chi connectivity index (χ1n) is 6.70. The van der Waals surface area contributed by atoms with E-state index in [1.54, 1.807) is 12.1 Å². The van der Waals surface area contributed by atoms with Crippen molar-refractivity contribution in [3.8, 4) is 23.2 Å². The molecule has 4 aromatic rings. The predicted octanol–water partition coefficient (Wildman–Crippen LogP) is 2.90. The van der Waals surface area contributed by atoms with E-state index in [2.05, 4.69) is 15.1 Å². The van der Waals surface area contributed by atoms with Crippen molar-refractivity contribution in [2.75, 3.05) is 5.73 Å². The summed E-state index contributed by atoms with van der Waals surface area (Å²) in [4.78, 5) is 8.50. The number of benzene rings is 1.